The zero-order valence-electron chi connectivity index (χ0n) is 19.2. The Kier molecular flexibility index (Phi) is 7.25. The van der Waals surface area contributed by atoms with Crippen molar-refractivity contribution in [3.05, 3.63) is 71.5 Å². The van der Waals surface area contributed by atoms with Crippen LogP contribution in [0.5, 0.6) is 0 Å². The van der Waals surface area contributed by atoms with Crippen LogP contribution in [0.2, 0.25) is 0 Å². The van der Waals surface area contributed by atoms with E-state index >= 15 is 0 Å². The Morgan fingerprint density at radius 2 is 1.74 bits per heavy atom. The van der Waals surface area contributed by atoms with Crippen LogP contribution >= 0.6 is 0 Å². The molecule has 1 saturated heterocycles. The second kappa shape index (κ2) is 10.5. The molecule has 1 saturated carbocycles. The number of H-pyrrole nitrogens is 1. The summed E-state index contributed by atoms with van der Waals surface area (Å²) in [4.78, 5) is 8.99. The molecule has 3 aromatic rings. The van der Waals surface area contributed by atoms with Crippen molar-refractivity contribution >= 4 is 10.8 Å². The van der Waals surface area contributed by atoms with Gasteiger partial charge in [-0.25, -0.2) is 0 Å². The van der Waals surface area contributed by atoms with E-state index in [0.29, 0.717) is 16.7 Å². The minimum atomic E-state index is -0.915. The Bertz CT molecular complexity index is 1100. The van der Waals surface area contributed by atoms with Crippen molar-refractivity contribution in [1.82, 2.24) is 9.97 Å². The van der Waals surface area contributed by atoms with E-state index in [1.54, 1.807) is 12.3 Å². The molecule has 5 rings (SSSR count). The van der Waals surface area contributed by atoms with E-state index in [0.717, 1.165) is 67.3 Å². The normalized spacial score (nSPS) is 19.6. The summed E-state index contributed by atoms with van der Waals surface area (Å²) in [6.45, 7) is 1.32. The number of hydrogen-bond donors (Lipinski definition) is 3. The Morgan fingerprint density at radius 1 is 1.00 bits per heavy atom. The number of aliphatic hydroxyl groups is 2. The molecule has 1 aromatic carbocycles. The fraction of sp³-hybridized carbons (Fsp3) is 0.444. The van der Waals surface area contributed by atoms with Gasteiger partial charge in [-0.1, -0.05) is 18.2 Å². The summed E-state index contributed by atoms with van der Waals surface area (Å²) in [5.41, 5.74) is 4.67. The van der Waals surface area contributed by atoms with E-state index in [2.05, 4.69) is 28.2 Å². The molecule has 0 amide bonds. The van der Waals surface area contributed by atoms with Gasteiger partial charge in [0, 0.05) is 46.7 Å². The molecule has 34 heavy (non-hydrogen) atoms. The van der Waals surface area contributed by atoms with E-state index in [1.165, 1.54) is 5.56 Å². The maximum absolute atomic E-state index is 12.6. The van der Waals surface area contributed by atoms with E-state index in [1.807, 2.05) is 24.3 Å². The van der Waals surface area contributed by atoms with Crippen LogP contribution < -0.4 is 0 Å². The van der Waals surface area contributed by atoms with Crippen molar-refractivity contribution in [2.24, 2.45) is 5.92 Å². The van der Waals surface area contributed by atoms with Crippen LogP contribution in [0, 0.1) is 5.92 Å². The highest BCUT2D eigenvalue weighted by molar-refractivity contribution is 7.86. The first-order valence-corrected chi connectivity index (χ1v) is 13.4. The number of aliphatic hydroxyl groups excluding tert-OH is 2. The van der Waals surface area contributed by atoms with Gasteiger partial charge >= 0.3 is 0 Å². The molecule has 3 unspecified atom stereocenters. The topological polar surface area (TPSA) is 95.4 Å². The number of hydrogen-bond acceptors (Lipinski definition) is 5. The fourth-order valence-electron chi connectivity index (χ4n) is 4.70. The van der Waals surface area contributed by atoms with Crippen molar-refractivity contribution in [2.45, 2.75) is 54.3 Å². The van der Waals surface area contributed by atoms with Crippen molar-refractivity contribution in [3.63, 3.8) is 0 Å². The molecule has 2 aromatic heterocycles. The lowest BCUT2D eigenvalue weighted by Gasteiger charge is -2.27. The van der Waals surface area contributed by atoms with Gasteiger partial charge in [-0.3, -0.25) is 9.19 Å². The molecule has 3 N–H and O–H groups in total. The minimum Gasteiger partial charge on any atom is -0.393 e. The monoisotopic (exact) mass is 480 g/mol. The van der Waals surface area contributed by atoms with Gasteiger partial charge < -0.3 is 19.9 Å². The first kappa shape index (κ1) is 23.4. The summed E-state index contributed by atoms with van der Waals surface area (Å²) in [7, 11) is -0.889. The zero-order chi connectivity index (χ0) is 23.5. The molecular weight excluding hydrogens is 448 g/mol. The maximum Gasteiger partial charge on any atom is 0.104 e. The highest BCUT2D eigenvalue weighted by atomic mass is 32.2. The number of nitrogens with zero attached hydrogens (tertiary/aromatic N) is 1. The lowest BCUT2D eigenvalue weighted by Crippen LogP contribution is -2.18. The second-order valence-corrected chi connectivity index (χ2v) is 11.1. The van der Waals surface area contributed by atoms with Gasteiger partial charge in [0.1, 0.15) is 6.10 Å². The highest BCUT2D eigenvalue weighted by Crippen LogP contribution is 2.36. The smallest absolute Gasteiger partial charge is 0.104 e. The summed E-state index contributed by atoms with van der Waals surface area (Å²) in [5.74, 6) is 0.805. The summed E-state index contributed by atoms with van der Waals surface area (Å²) >= 11 is 0. The van der Waals surface area contributed by atoms with Gasteiger partial charge in [0.2, 0.25) is 0 Å². The predicted octanol–water partition coefficient (Wildman–Crippen LogP) is 4.32. The van der Waals surface area contributed by atoms with Crippen molar-refractivity contribution < 1.29 is 19.2 Å². The molecule has 1 aliphatic heterocycles. The quantitative estimate of drug-likeness (QED) is 0.424. The van der Waals surface area contributed by atoms with Gasteiger partial charge in [0.25, 0.3) is 0 Å². The Morgan fingerprint density at radius 3 is 2.38 bits per heavy atom. The molecule has 3 heterocycles. The van der Waals surface area contributed by atoms with Gasteiger partial charge in [-0.05, 0) is 73.9 Å². The number of ether oxygens (including phenoxy) is 1. The predicted molar refractivity (Wildman–Crippen MR) is 132 cm³/mol. The van der Waals surface area contributed by atoms with E-state index in [4.69, 9.17) is 9.84 Å². The molecule has 3 atom stereocenters. The van der Waals surface area contributed by atoms with Crippen LogP contribution in [0.25, 0.3) is 11.4 Å². The van der Waals surface area contributed by atoms with Crippen LogP contribution in [0.15, 0.2) is 59.6 Å². The molecule has 6 nitrogen and oxygen atoms in total. The van der Waals surface area contributed by atoms with Gasteiger partial charge in [0.05, 0.1) is 28.8 Å². The van der Waals surface area contributed by atoms with Gasteiger partial charge in [-0.2, -0.15) is 0 Å². The van der Waals surface area contributed by atoms with Crippen LogP contribution in [0.1, 0.15) is 60.9 Å². The lowest BCUT2D eigenvalue weighted by atomic mass is 9.83. The average Bonchev–Trinajstić information content (AvgIpc) is 3.64. The summed E-state index contributed by atoms with van der Waals surface area (Å²) in [5, 5.41) is 19.3. The first-order valence-electron chi connectivity index (χ1n) is 12.1. The molecule has 2 fully saturated rings. The molecular formula is C27H32N2O4S. The number of nitrogens with one attached hydrogen (secondary N) is 1. The molecule has 1 aliphatic carbocycles. The molecule has 0 spiro atoms. The number of benzene rings is 1. The SMILES string of the molecule is O=S(c1ccc(C(CC2CCOCC2)c2ccc(-c3ccc(C(O)CO)cn3)[nH]2)cc1)C1CC1. The molecule has 0 radical (unpaired) electrons. The van der Waals surface area contributed by atoms with E-state index < -0.39 is 16.9 Å². The van der Waals surface area contributed by atoms with E-state index in [-0.39, 0.29) is 12.5 Å². The first-order chi connectivity index (χ1) is 16.6. The minimum absolute atomic E-state index is 0.204. The zero-order valence-corrected chi connectivity index (χ0v) is 20.0. The van der Waals surface area contributed by atoms with Crippen LogP contribution in [-0.2, 0) is 15.5 Å². The average molecular weight is 481 g/mol. The molecule has 2 aliphatic rings. The summed E-state index contributed by atoms with van der Waals surface area (Å²) < 4.78 is 18.2. The van der Waals surface area contributed by atoms with E-state index in [9.17, 15) is 9.32 Å². The highest BCUT2D eigenvalue weighted by Gasteiger charge is 2.29. The number of aromatic amines is 1. The van der Waals surface area contributed by atoms with Crippen LogP contribution in [-0.4, -0.2) is 49.5 Å². The second-order valence-electron chi connectivity index (χ2n) is 9.41. The third-order valence-electron chi connectivity index (χ3n) is 6.96. The molecule has 0 bridgehead atoms. The number of aromatic nitrogens is 2. The fourth-order valence-corrected chi connectivity index (χ4v) is 6.05. The van der Waals surface area contributed by atoms with Crippen molar-refractivity contribution in [2.75, 3.05) is 19.8 Å². The summed E-state index contributed by atoms with van der Waals surface area (Å²) in [6.07, 6.45) is 6.01. The maximum atomic E-state index is 12.6. The number of pyridine rings is 1. The molecule has 180 valence electrons. The molecule has 7 heteroatoms. The van der Waals surface area contributed by atoms with Gasteiger partial charge in [-0.15, -0.1) is 0 Å². The van der Waals surface area contributed by atoms with Crippen LogP contribution in [0.3, 0.4) is 0 Å². The largest absolute Gasteiger partial charge is 0.393 e. The third kappa shape index (κ3) is 5.33. The lowest BCUT2D eigenvalue weighted by molar-refractivity contribution is 0.0626. The van der Waals surface area contributed by atoms with Crippen molar-refractivity contribution in [3.8, 4) is 11.4 Å². The van der Waals surface area contributed by atoms with Crippen LogP contribution in [0.4, 0.5) is 0 Å². The third-order valence-corrected chi connectivity index (χ3v) is 8.77. The summed E-state index contributed by atoms with van der Waals surface area (Å²) in [6, 6.07) is 16.2. The van der Waals surface area contributed by atoms with Crippen molar-refractivity contribution in [1.29, 1.82) is 0 Å². The standard InChI is InChI=1S/C27H32N2O4S/c30-17-27(31)20-3-8-25(28-16-20)26-10-9-24(29-26)23(15-18-11-13-33-14-12-18)19-1-4-21(5-2-19)34(32)22-6-7-22/h1-5,8-10,16,18,22-23,27,29-31H,6-7,11-15,17H2. The Labute approximate surface area is 202 Å². The Balaban J connectivity index is 1.40. The van der Waals surface area contributed by atoms with Gasteiger partial charge in [0.15, 0.2) is 0 Å². The Hall–Kier alpha value is -2.32. The number of rotatable bonds is 9.